The van der Waals surface area contributed by atoms with E-state index in [2.05, 4.69) is 4.74 Å². The van der Waals surface area contributed by atoms with Crippen molar-refractivity contribution >= 4 is 5.97 Å². The van der Waals surface area contributed by atoms with Crippen molar-refractivity contribution in [2.45, 2.75) is 33.1 Å². The molecule has 72 valence electrons. The summed E-state index contributed by atoms with van der Waals surface area (Å²) in [6.07, 6.45) is 2.80. The molecule has 12 heavy (non-hydrogen) atoms. The molecule has 0 rings (SSSR count). The van der Waals surface area contributed by atoms with E-state index in [4.69, 9.17) is 5.73 Å². The fourth-order valence-corrected chi connectivity index (χ4v) is 1.09. The zero-order chi connectivity index (χ0) is 9.61. The molecule has 0 atom stereocenters. The number of esters is 1. The third-order valence-electron chi connectivity index (χ3n) is 1.99. The molecule has 3 heteroatoms. The second kappa shape index (κ2) is 5.14. The van der Waals surface area contributed by atoms with Crippen LogP contribution in [0.2, 0.25) is 0 Å². The number of unbranched alkanes of at least 4 members (excludes halogenated alkanes) is 1. The molecule has 0 saturated carbocycles. The van der Waals surface area contributed by atoms with Crippen molar-refractivity contribution in [3.05, 3.63) is 0 Å². The maximum absolute atomic E-state index is 11.2. The monoisotopic (exact) mass is 173 g/mol. The highest BCUT2D eigenvalue weighted by molar-refractivity contribution is 5.75. The van der Waals surface area contributed by atoms with Gasteiger partial charge in [-0.2, -0.15) is 0 Å². The summed E-state index contributed by atoms with van der Waals surface area (Å²) in [4.78, 5) is 11.2. The van der Waals surface area contributed by atoms with Crippen LogP contribution < -0.4 is 5.73 Å². The van der Waals surface area contributed by atoms with Gasteiger partial charge in [-0.1, -0.05) is 6.42 Å². The molecule has 0 bridgehead atoms. The van der Waals surface area contributed by atoms with Crippen LogP contribution in [-0.2, 0) is 9.53 Å². The van der Waals surface area contributed by atoms with Gasteiger partial charge in [-0.25, -0.2) is 0 Å². The molecule has 0 aliphatic rings. The molecule has 3 nitrogen and oxygen atoms in total. The summed E-state index contributed by atoms with van der Waals surface area (Å²) in [5.41, 5.74) is 4.99. The van der Waals surface area contributed by atoms with Gasteiger partial charge in [0, 0.05) is 0 Å². The Labute approximate surface area is 74.3 Å². The Morgan fingerprint density at radius 3 is 2.42 bits per heavy atom. The minimum Gasteiger partial charge on any atom is -0.469 e. The van der Waals surface area contributed by atoms with Crippen molar-refractivity contribution in [2.24, 2.45) is 11.1 Å². The third kappa shape index (κ3) is 3.72. The van der Waals surface area contributed by atoms with Crippen LogP contribution >= 0.6 is 0 Å². The number of carbonyl (C=O) groups excluding carboxylic acids is 1. The van der Waals surface area contributed by atoms with E-state index in [-0.39, 0.29) is 11.4 Å². The lowest BCUT2D eigenvalue weighted by Crippen LogP contribution is -2.25. The van der Waals surface area contributed by atoms with E-state index < -0.39 is 0 Å². The first-order valence-electron chi connectivity index (χ1n) is 4.33. The van der Waals surface area contributed by atoms with Gasteiger partial charge in [0.1, 0.15) is 0 Å². The quantitative estimate of drug-likeness (QED) is 0.504. The van der Waals surface area contributed by atoms with Gasteiger partial charge in [-0.15, -0.1) is 0 Å². The van der Waals surface area contributed by atoms with Crippen LogP contribution in [0.15, 0.2) is 0 Å². The standard InChI is InChI=1S/C9H19NO2/c1-9(2,8(11)12-3)6-4-5-7-10/h4-7,10H2,1-3H3. The van der Waals surface area contributed by atoms with Crippen molar-refractivity contribution in [3.8, 4) is 0 Å². The second-order valence-electron chi connectivity index (χ2n) is 3.62. The lowest BCUT2D eigenvalue weighted by atomic mass is 9.87. The van der Waals surface area contributed by atoms with E-state index in [1.165, 1.54) is 7.11 Å². The minimum absolute atomic E-state index is 0.139. The molecule has 0 aromatic carbocycles. The Kier molecular flexibility index (Phi) is 4.90. The number of carbonyl (C=O) groups is 1. The van der Waals surface area contributed by atoms with Gasteiger partial charge in [0.2, 0.25) is 0 Å². The highest BCUT2D eigenvalue weighted by Crippen LogP contribution is 2.24. The molecule has 0 unspecified atom stereocenters. The van der Waals surface area contributed by atoms with Gasteiger partial charge in [-0.05, 0) is 33.2 Å². The van der Waals surface area contributed by atoms with Crippen molar-refractivity contribution in [3.63, 3.8) is 0 Å². The average molecular weight is 173 g/mol. The summed E-state index contributed by atoms with van der Waals surface area (Å²) in [5.74, 6) is -0.139. The first-order valence-corrected chi connectivity index (χ1v) is 4.33. The molecule has 0 aromatic heterocycles. The van der Waals surface area contributed by atoms with E-state index in [0.29, 0.717) is 6.54 Å². The van der Waals surface area contributed by atoms with Crippen molar-refractivity contribution < 1.29 is 9.53 Å². The van der Waals surface area contributed by atoms with Gasteiger partial charge >= 0.3 is 5.97 Å². The number of hydrogen-bond donors (Lipinski definition) is 1. The maximum atomic E-state index is 11.2. The van der Waals surface area contributed by atoms with Gasteiger partial charge in [0.15, 0.2) is 0 Å². The number of hydrogen-bond acceptors (Lipinski definition) is 3. The van der Waals surface area contributed by atoms with Crippen molar-refractivity contribution in [1.29, 1.82) is 0 Å². The van der Waals surface area contributed by atoms with Crippen LogP contribution in [0.5, 0.6) is 0 Å². The summed E-state index contributed by atoms with van der Waals surface area (Å²) in [6, 6.07) is 0. The average Bonchev–Trinajstić information content (AvgIpc) is 2.03. The van der Waals surface area contributed by atoms with Crippen molar-refractivity contribution in [2.75, 3.05) is 13.7 Å². The van der Waals surface area contributed by atoms with E-state index in [1.54, 1.807) is 0 Å². The minimum atomic E-state index is -0.357. The second-order valence-corrected chi connectivity index (χ2v) is 3.62. The van der Waals surface area contributed by atoms with Crippen LogP contribution in [-0.4, -0.2) is 19.6 Å². The molecule has 0 spiro atoms. The third-order valence-corrected chi connectivity index (χ3v) is 1.99. The molecule has 0 aliphatic heterocycles. The van der Waals surface area contributed by atoms with E-state index in [1.807, 2.05) is 13.8 Å². The van der Waals surface area contributed by atoms with Crippen LogP contribution in [0, 0.1) is 5.41 Å². The summed E-state index contributed by atoms with van der Waals surface area (Å²) in [7, 11) is 1.42. The molecule has 0 fully saturated rings. The molecular weight excluding hydrogens is 154 g/mol. The highest BCUT2D eigenvalue weighted by atomic mass is 16.5. The largest absolute Gasteiger partial charge is 0.469 e. The van der Waals surface area contributed by atoms with Crippen molar-refractivity contribution in [1.82, 2.24) is 0 Å². The fraction of sp³-hybridized carbons (Fsp3) is 0.889. The summed E-state index contributed by atoms with van der Waals surface area (Å²) in [6.45, 7) is 4.49. The summed E-state index contributed by atoms with van der Waals surface area (Å²) >= 11 is 0. The molecule has 0 amide bonds. The van der Waals surface area contributed by atoms with E-state index in [9.17, 15) is 4.79 Å². The SMILES string of the molecule is COC(=O)C(C)(C)CCCCN. The zero-order valence-corrected chi connectivity index (χ0v) is 8.22. The highest BCUT2D eigenvalue weighted by Gasteiger charge is 2.27. The van der Waals surface area contributed by atoms with Gasteiger partial charge in [-0.3, -0.25) is 4.79 Å². The lowest BCUT2D eigenvalue weighted by Gasteiger charge is -2.20. The Morgan fingerprint density at radius 2 is 2.00 bits per heavy atom. The topological polar surface area (TPSA) is 52.3 Å². The molecule has 2 N–H and O–H groups in total. The first kappa shape index (κ1) is 11.4. The van der Waals surface area contributed by atoms with Gasteiger partial charge < -0.3 is 10.5 Å². The number of ether oxygens (including phenoxy) is 1. The molecular formula is C9H19NO2. The number of rotatable bonds is 5. The predicted molar refractivity (Wildman–Crippen MR) is 48.7 cm³/mol. The normalized spacial score (nSPS) is 11.3. The smallest absolute Gasteiger partial charge is 0.311 e. The summed E-state index contributed by atoms with van der Waals surface area (Å²) < 4.78 is 4.68. The Balaban J connectivity index is 3.78. The molecule has 0 aromatic rings. The number of nitrogens with two attached hydrogens (primary N) is 1. The zero-order valence-electron chi connectivity index (χ0n) is 8.22. The van der Waals surface area contributed by atoms with Gasteiger partial charge in [0.05, 0.1) is 12.5 Å². The Hall–Kier alpha value is -0.570. The van der Waals surface area contributed by atoms with Crippen LogP contribution in [0.4, 0.5) is 0 Å². The Morgan fingerprint density at radius 1 is 1.42 bits per heavy atom. The van der Waals surface area contributed by atoms with Crippen LogP contribution in [0.3, 0.4) is 0 Å². The van der Waals surface area contributed by atoms with E-state index in [0.717, 1.165) is 19.3 Å². The van der Waals surface area contributed by atoms with Crippen LogP contribution in [0.25, 0.3) is 0 Å². The maximum Gasteiger partial charge on any atom is 0.311 e. The summed E-state index contributed by atoms with van der Waals surface area (Å²) in [5, 5.41) is 0. The molecule has 0 aliphatic carbocycles. The number of methoxy groups -OCH3 is 1. The lowest BCUT2D eigenvalue weighted by molar-refractivity contribution is -0.151. The van der Waals surface area contributed by atoms with E-state index >= 15 is 0 Å². The molecule has 0 saturated heterocycles. The van der Waals surface area contributed by atoms with Crippen LogP contribution in [0.1, 0.15) is 33.1 Å². The predicted octanol–water partition coefficient (Wildman–Crippen LogP) is 1.31. The Bertz CT molecular complexity index is 143. The molecule has 0 heterocycles. The first-order chi connectivity index (χ1) is 5.54. The van der Waals surface area contributed by atoms with Gasteiger partial charge in [0.25, 0.3) is 0 Å². The fourth-order valence-electron chi connectivity index (χ4n) is 1.09. The molecule has 0 radical (unpaired) electrons.